The van der Waals surface area contributed by atoms with Crippen molar-refractivity contribution < 1.29 is 44.5 Å². The Labute approximate surface area is 203 Å². The molecule has 2 aromatic carbocycles. The second kappa shape index (κ2) is 11.9. The van der Waals surface area contributed by atoms with Crippen LogP contribution in [0.2, 0.25) is 0 Å². The minimum atomic E-state index is -0.744. The summed E-state index contributed by atoms with van der Waals surface area (Å²) in [7, 11) is 0. The molecule has 2 aliphatic rings. The highest BCUT2D eigenvalue weighted by Gasteiger charge is 2.31. The van der Waals surface area contributed by atoms with Crippen molar-refractivity contribution in [1.29, 1.82) is 0 Å². The summed E-state index contributed by atoms with van der Waals surface area (Å²) in [4.78, 5) is 0. The van der Waals surface area contributed by atoms with Gasteiger partial charge in [0, 0.05) is 31.7 Å². The normalized spacial score (nSPS) is 29.3. The van der Waals surface area contributed by atoms with E-state index in [2.05, 4.69) is 0 Å². The predicted octanol–water partition coefficient (Wildman–Crippen LogP) is 2.04. The van der Waals surface area contributed by atoms with Gasteiger partial charge in [-0.1, -0.05) is 24.3 Å². The number of ether oxygens (including phenoxy) is 4. The molecule has 4 rings (SSSR count). The average Bonchev–Trinajstić information content (AvgIpc) is 2.82. The van der Waals surface area contributed by atoms with Crippen LogP contribution in [0.4, 0.5) is 0 Å². The van der Waals surface area contributed by atoms with Crippen molar-refractivity contribution in [3.8, 4) is 17.2 Å². The highest BCUT2D eigenvalue weighted by Crippen LogP contribution is 2.31. The Morgan fingerprint density at radius 1 is 0.714 bits per heavy atom. The Balaban J connectivity index is 1.55. The van der Waals surface area contributed by atoms with Crippen LogP contribution in [0.3, 0.4) is 0 Å². The fourth-order valence-electron chi connectivity index (χ4n) is 4.19. The Bertz CT molecular complexity index is 929. The van der Waals surface area contributed by atoms with Crippen LogP contribution >= 0.6 is 0 Å². The second-order valence-corrected chi connectivity index (χ2v) is 8.89. The van der Waals surface area contributed by atoms with Crippen molar-refractivity contribution in [2.24, 2.45) is 0 Å². The molecule has 0 radical (unpaired) electrons. The van der Waals surface area contributed by atoms with E-state index in [1.165, 1.54) is 0 Å². The second-order valence-electron chi connectivity index (χ2n) is 8.89. The van der Waals surface area contributed by atoms with E-state index < -0.39 is 37.0 Å². The van der Waals surface area contributed by atoms with Gasteiger partial charge in [-0.2, -0.15) is 0 Å². The number of aliphatic hydroxyl groups is 4. The molecular weight excluding hydrogens is 456 g/mol. The van der Waals surface area contributed by atoms with Gasteiger partial charge in [-0.15, -0.1) is 0 Å². The van der Waals surface area contributed by atoms with Gasteiger partial charge in [0.2, 0.25) is 12.6 Å². The van der Waals surface area contributed by atoms with Crippen LogP contribution in [0.5, 0.6) is 17.2 Å². The van der Waals surface area contributed by atoms with Crippen LogP contribution in [-0.4, -0.2) is 75.7 Å². The molecule has 9 nitrogen and oxygen atoms in total. The van der Waals surface area contributed by atoms with E-state index in [1.54, 1.807) is 42.5 Å². The van der Waals surface area contributed by atoms with Crippen molar-refractivity contribution in [2.75, 3.05) is 13.2 Å². The van der Waals surface area contributed by atoms with Gasteiger partial charge < -0.3 is 44.5 Å². The topological polar surface area (TPSA) is 138 Å². The number of benzene rings is 2. The van der Waals surface area contributed by atoms with Gasteiger partial charge in [0.25, 0.3) is 0 Å². The highest BCUT2D eigenvalue weighted by atomic mass is 16.7. The molecule has 0 amide bonds. The van der Waals surface area contributed by atoms with Crippen molar-refractivity contribution in [1.82, 2.24) is 0 Å². The van der Waals surface area contributed by atoms with E-state index in [4.69, 9.17) is 18.9 Å². The van der Waals surface area contributed by atoms with E-state index >= 15 is 0 Å². The van der Waals surface area contributed by atoms with Crippen LogP contribution < -0.4 is 9.47 Å². The lowest BCUT2D eigenvalue weighted by atomic mass is 10.1. The van der Waals surface area contributed by atoms with Gasteiger partial charge in [-0.3, -0.25) is 0 Å². The molecule has 2 heterocycles. The minimum absolute atomic E-state index is 0.180. The van der Waals surface area contributed by atoms with Crippen molar-refractivity contribution in [2.45, 2.75) is 62.7 Å². The molecule has 9 heteroatoms. The maximum atomic E-state index is 10.1. The third-order valence-electron chi connectivity index (χ3n) is 5.89. The molecule has 35 heavy (non-hydrogen) atoms. The molecule has 0 saturated carbocycles. The Morgan fingerprint density at radius 2 is 1.20 bits per heavy atom. The summed E-state index contributed by atoms with van der Waals surface area (Å²) in [5.74, 6) is 1.04. The van der Waals surface area contributed by atoms with Crippen LogP contribution in [-0.2, 0) is 9.47 Å². The summed E-state index contributed by atoms with van der Waals surface area (Å²) in [6, 6.07) is 12.0. The lowest BCUT2D eigenvalue weighted by Gasteiger charge is -2.33. The summed E-state index contributed by atoms with van der Waals surface area (Å²) in [6.45, 7) is -0.428. The molecule has 2 aliphatic heterocycles. The largest absolute Gasteiger partial charge is 0.508 e. The molecule has 2 fully saturated rings. The maximum Gasteiger partial charge on any atom is 0.202 e. The first kappa shape index (κ1) is 25.4. The van der Waals surface area contributed by atoms with Gasteiger partial charge in [-0.25, -0.2) is 0 Å². The Hall–Kier alpha value is -2.66. The first-order valence-electron chi connectivity index (χ1n) is 11.7. The van der Waals surface area contributed by atoms with Crippen LogP contribution in [0.25, 0.3) is 12.2 Å². The molecule has 2 aromatic rings. The third-order valence-corrected chi connectivity index (χ3v) is 5.89. The van der Waals surface area contributed by atoms with E-state index in [1.807, 2.05) is 12.2 Å². The molecule has 6 atom stereocenters. The summed E-state index contributed by atoms with van der Waals surface area (Å²) in [5.41, 5.74) is 1.63. The van der Waals surface area contributed by atoms with Crippen LogP contribution in [0.1, 0.15) is 36.8 Å². The SMILES string of the molecule is OCC1CC(O)CC(Oc2cc(/C=C/c3ccc(O)cc3)cc(OC3CC(O)CC(CO)O3)c2)O1. The zero-order valence-corrected chi connectivity index (χ0v) is 19.3. The van der Waals surface area contributed by atoms with Gasteiger partial charge >= 0.3 is 0 Å². The molecule has 0 aliphatic carbocycles. The van der Waals surface area contributed by atoms with Gasteiger partial charge in [0.05, 0.1) is 37.6 Å². The van der Waals surface area contributed by atoms with Crippen LogP contribution in [0.15, 0.2) is 42.5 Å². The van der Waals surface area contributed by atoms with Crippen molar-refractivity contribution in [3.05, 3.63) is 53.6 Å². The maximum absolute atomic E-state index is 10.1. The summed E-state index contributed by atoms with van der Waals surface area (Å²) < 4.78 is 23.4. The molecule has 0 spiro atoms. The fourth-order valence-corrected chi connectivity index (χ4v) is 4.19. The zero-order valence-electron chi connectivity index (χ0n) is 19.3. The third kappa shape index (κ3) is 7.41. The molecule has 5 N–H and O–H groups in total. The van der Waals surface area contributed by atoms with E-state index in [0.717, 1.165) is 11.1 Å². The summed E-state index contributed by atoms with van der Waals surface area (Å²) in [5, 5.41) is 48.6. The standard InChI is InChI=1S/C26H32O9/c27-14-23-9-19(30)11-25(34-23)32-21-7-17(2-1-16-3-5-18(29)6-4-16)8-22(13-21)33-26-12-20(31)10-24(15-28)35-26/h1-8,13,19-20,23-31H,9-12,14-15H2/b2-1+. The smallest absolute Gasteiger partial charge is 0.202 e. The molecule has 190 valence electrons. The number of phenolic OH excluding ortho intramolecular Hbond substituents is 1. The number of rotatable bonds is 8. The molecule has 2 saturated heterocycles. The molecule has 6 unspecified atom stereocenters. The number of phenols is 1. The number of hydrogen-bond donors (Lipinski definition) is 5. The first-order valence-corrected chi connectivity index (χ1v) is 11.7. The quantitative estimate of drug-likeness (QED) is 0.353. The summed E-state index contributed by atoms with van der Waals surface area (Å²) >= 11 is 0. The lowest BCUT2D eigenvalue weighted by Crippen LogP contribution is -2.40. The molecular formula is C26H32O9. The average molecular weight is 489 g/mol. The number of aromatic hydroxyl groups is 1. The number of hydrogen-bond acceptors (Lipinski definition) is 9. The van der Waals surface area contributed by atoms with Gasteiger partial charge in [0.15, 0.2) is 0 Å². The van der Waals surface area contributed by atoms with Crippen LogP contribution in [0, 0.1) is 0 Å². The monoisotopic (exact) mass is 488 g/mol. The van der Waals surface area contributed by atoms with E-state index in [-0.39, 0.29) is 31.8 Å². The molecule has 0 aromatic heterocycles. The van der Waals surface area contributed by atoms with Gasteiger partial charge in [-0.05, 0) is 35.4 Å². The van der Waals surface area contributed by atoms with Crippen molar-refractivity contribution >= 4 is 12.2 Å². The molecule has 0 bridgehead atoms. The fraction of sp³-hybridized carbons (Fsp3) is 0.462. The van der Waals surface area contributed by atoms with E-state index in [9.17, 15) is 25.5 Å². The summed E-state index contributed by atoms with van der Waals surface area (Å²) in [6.07, 6.45) is 1.12. The van der Waals surface area contributed by atoms with Gasteiger partial charge in [0.1, 0.15) is 17.2 Å². The highest BCUT2D eigenvalue weighted by molar-refractivity contribution is 5.71. The van der Waals surface area contributed by atoms with Crippen molar-refractivity contribution in [3.63, 3.8) is 0 Å². The zero-order chi connectivity index (χ0) is 24.8. The predicted molar refractivity (Wildman–Crippen MR) is 127 cm³/mol. The van der Waals surface area contributed by atoms with E-state index in [0.29, 0.717) is 24.3 Å². The first-order chi connectivity index (χ1) is 16.9. The minimum Gasteiger partial charge on any atom is -0.508 e. The Morgan fingerprint density at radius 3 is 1.69 bits per heavy atom. The number of aliphatic hydroxyl groups excluding tert-OH is 4. The lowest BCUT2D eigenvalue weighted by molar-refractivity contribution is -0.186. The Kier molecular flexibility index (Phi) is 8.61.